The number of halogens is 3. The first kappa shape index (κ1) is 19.2. The van der Waals surface area contributed by atoms with Crippen LogP contribution in [-0.2, 0) is 12.7 Å². The van der Waals surface area contributed by atoms with Gasteiger partial charge in [0.1, 0.15) is 24.1 Å². The van der Waals surface area contributed by atoms with E-state index in [0.717, 1.165) is 21.7 Å². The van der Waals surface area contributed by atoms with Crippen molar-refractivity contribution in [1.82, 2.24) is 29.5 Å². The quantitative estimate of drug-likeness (QED) is 0.420. The van der Waals surface area contributed by atoms with Gasteiger partial charge in [-0.2, -0.15) is 28.4 Å². The first-order valence-electron chi connectivity index (χ1n) is 8.88. The SMILES string of the molecule is O=c1c2cc(-c3cccs3)nn2cnn1Cc1nc(-c2cccc(C(F)(F)F)c2)no1. The third-order valence-electron chi connectivity index (χ3n) is 4.46. The molecule has 4 aromatic heterocycles. The first-order chi connectivity index (χ1) is 14.9. The van der Waals surface area contributed by atoms with E-state index in [-0.39, 0.29) is 23.8 Å². The molecular formula is C19H11F3N6O2S. The second kappa shape index (κ2) is 7.16. The monoisotopic (exact) mass is 444 g/mol. The first-order valence-corrected chi connectivity index (χ1v) is 9.76. The van der Waals surface area contributed by atoms with Gasteiger partial charge in [0.15, 0.2) is 0 Å². The lowest BCUT2D eigenvalue weighted by Gasteiger charge is -2.06. The maximum Gasteiger partial charge on any atom is 0.416 e. The second-order valence-electron chi connectivity index (χ2n) is 6.52. The highest BCUT2D eigenvalue weighted by atomic mass is 32.1. The Hall–Kier alpha value is -3.80. The minimum Gasteiger partial charge on any atom is -0.337 e. The van der Waals surface area contributed by atoms with Crippen LogP contribution >= 0.6 is 11.3 Å². The van der Waals surface area contributed by atoms with E-state index in [9.17, 15) is 18.0 Å². The minimum absolute atomic E-state index is 0.0143. The van der Waals surface area contributed by atoms with Gasteiger partial charge in [-0.3, -0.25) is 4.79 Å². The summed E-state index contributed by atoms with van der Waals surface area (Å²) in [5.74, 6) is 0.0175. The number of nitrogens with zero attached hydrogens (tertiary/aromatic N) is 6. The van der Waals surface area contributed by atoms with Gasteiger partial charge in [-0.15, -0.1) is 11.3 Å². The smallest absolute Gasteiger partial charge is 0.337 e. The molecule has 0 bridgehead atoms. The standard InChI is InChI=1S/C19H11F3N6O2S/c20-19(21,22)12-4-1-3-11(7-12)17-24-16(30-26-17)9-27-18(29)14-8-13(15-5-2-6-31-15)25-28(14)10-23-27/h1-8,10H,9H2. The highest BCUT2D eigenvalue weighted by Crippen LogP contribution is 2.31. The van der Waals surface area contributed by atoms with E-state index in [4.69, 9.17) is 4.52 Å². The van der Waals surface area contributed by atoms with Crippen LogP contribution in [0.1, 0.15) is 11.5 Å². The summed E-state index contributed by atoms with van der Waals surface area (Å²) >= 11 is 1.50. The molecule has 0 radical (unpaired) electrons. The Morgan fingerprint density at radius 3 is 2.77 bits per heavy atom. The van der Waals surface area contributed by atoms with Gasteiger partial charge in [0.05, 0.1) is 10.4 Å². The number of hydrogen-bond donors (Lipinski definition) is 0. The van der Waals surface area contributed by atoms with E-state index in [1.54, 1.807) is 6.07 Å². The predicted octanol–water partition coefficient (Wildman–Crippen LogP) is 3.74. The van der Waals surface area contributed by atoms with E-state index < -0.39 is 17.3 Å². The largest absolute Gasteiger partial charge is 0.416 e. The lowest BCUT2D eigenvalue weighted by molar-refractivity contribution is -0.137. The zero-order valence-electron chi connectivity index (χ0n) is 15.4. The van der Waals surface area contributed by atoms with E-state index >= 15 is 0 Å². The molecule has 0 aliphatic carbocycles. The number of fused-ring (bicyclic) bond motifs is 1. The molecular weight excluding hydrogens is 433 g/mol. The maximum atomic E-state index is 12.9. The number of benzene rings is 1. The molecule has 12 heteroatoms. The molecule has 0 aliphatic rings. The van der Waals surface area contributed by atoms with Gasteiger partial charge >= 0.3 is 6.18 Å². The van der Waals surface area contributed by atoms with Crippen molar-refractivity contribution in [2.24, 2.45) is 0 Å². The Labute approximate surface area is 175 Å². The Kier molecular flexibility index (Phi) is 4.43. The van der Waals surface area contributed by atoms with Crippen molar-refractivity contribution in [3.63, 3.8) is 0 Å². The zero-order chi connectivity index (χ0) is 21.6. The second-order valence-corrected chi connectivity index (χ2v) is 7.47. The van der Waals surface area contributed by atoms with Crippen LogP contribution < -0.4 is 5.56 Å². The highest BCUT2D eigenvalue weighted by Gasteiger charge is 2.30. The molecule has 0 spiro atoms. The number of aromatic nitrogens is 6. The fourth-order valence-electron chi connectivity index (χ4n) is 2.99. The van der Waals surface area contributed by atoms with E-state index in [1.165, 1.54) is 34.3 Å². The fraction of sp³-hybridized carbons (Fsp3) is 0.105. The third kappa shape index (κ3) is 3.61. The van der Waals surface area contributed by atoms with Crippen LogP contribution in [0.4, 0.5) is 13.2 Å². The Bertz CT molecular complexity index is 1440. The summed E-state index contributed by atoms with van der Waals surface area (Å²) in [6.07, 6.45) is -3.10. The molecule has 31 heavy (non-hydrogen) atoms. The summed E-state index contributed by atoms with van der Waals surface area (Å²) in [5, 5.41) is 14.0. The summed E-state index contributed by atoms with van der Waals surface area (Å²) in [6, 6.07) is 10.0. The average Bonchev–Trinajstić information content (AvgIpc) is 3.50. The fourth-order valence-corrected chi connectivity index (χ4v) is 3.68. The molecule has 0 atom stereocenters. The molecule has 0 saturated carbocycles. The zero-order valence-corrected chi connectivity index (χ0v) is 16.3. The van der Waals surface area contributed by atoms with Crippen LogP contribution in [0, 0.1) is 0 Å². The van der Waals surface area contributed by atoms with Crippen LogP contribution in [0.3, 0.4) is 0 Å². The van der Waals surface area contributed by atoms with Crippen LogP contribution in [-0.4, -0.2) is 29.5 Å². The van der Waals surface area contributed by atoms with Crippen LogP contribution in [0.2, 0.25) is 0 Å². The van der Waals surface area contributed by atoms with E-state index in [0.29, 0.717) is 11.2 Å². The van der Waals surface area contributed by atoms with Gasteiger partial charge in [0.25, 0.3) is 5.56 Å². The highest BCUT2D eigenvalue weighted by molar-refractivity contribution is 7.13. The molecule has 0 amide bonds. The van der Waals surface area contributed by atoms with Gasteiger partial charge in [-0.25, -0.2) is 9.20 Å². The van der Waals surface area contributed by atoms with Crippen LogP contribution in [0.25, 0.3) is 27.5 Å². The van der Waals surface area contributed by atoms with Gasteiger partial charge in [-0.1, -0.05) is 23.4 Å². The van der Waals surface area contributed by atoms with E-state index in [2.05, 4.69) is 20.3 Å². The van der Waals surface area contributed by atoms with Gasteiger partial charge in [-0.05, 0) is 29.6 Å². The Balaban J connectivity index is 1.44. The minimum atomic E-state index is -4.48. The van der Waals surface area contributed by atoms with Crippen molar-refractivity contribution in [2.45, 2.75) is 12.7 Å². The van der Waals surface area contributed by atoms with E-state index in [1.807, 2.05) is 17.5 Å². The van der Waals surface area contributed by atoms with Gasteiger partial charge in [0, 0.05) is 5.56 Å². The summed E-state index contributed by atoms with van der Waals surface area (Å²) in [4.78, 5) is 17.8. The van der Waals surface area contributed by atoms with Crippen molar-refractivity contribution in [3.8, 4) is 22.0 Å². The maximum absolute atomic E-state index is 12.9. The number of thiophene rings is 1. The van der Waals surface area contributed by atoms with Crippen molar-refractivity contribution in [1.29, 1.82) is 0 Å². The number of rotatable bonds is 4. The summed E-state index contributed by atoms with van der Waals surface area (Å²) in [7, 11) is 0. The molecule has 0 aliphatic heterocycles. The Morgan fingerprint density at radius 1 is 1.13 bits per heavy atom. The van der Waals surface area contributed by atoms with Crippen molar-refractivity contribution >= 4 is 16.9 Å². The molecule has 156 valence electrons. The van der Waals surface area contributed by atoms with Crippen molar-refractivity contribution in [3.05, 3.63) is 76.0 Å². The number of alkyl halides is 3. The molecule has 0 unspecified atom stereocenters. The third-order valence-corrected chi connectivity index (χ3v) is 5.36. The molecule has 5 rings (SSSR count). The van der Waals surface area contributed by atoms with Crippen molar-refractivity contribution in [2.75, 3.05) is 0 Å². The van der Waals surface area contributed by atoms with Crippen LogP contribution in [0.15, 0.2) is 63.5 Å². The molecule has 5 aromatic rings. The molecule has 0 fully saturated rings. The predicted molar refractivity (Wildman–Crippen MR) is 104 cm³/mol. The normalized spacial score (nSPS) is 12.0. The molecule has 0 N–H and O–H groups in total. The van der Waals surface area contributed by atoms with Gasteiger partial charge in [0.2, 0.25) is 11.7 Å². The average molecular weight is 444 g/mol. The topological polar surface area (TPSA) is 91.1 Å². The summed E-state index contributed by atoms with van der Waals surface area (Å²) in [6.45, 7) is -0.138. The van der Waals surface area contributed by atoms with Crippen molar-refractivity contribution < 1.29 is 17.7 Å². The summed E-state index contributed by atoms with van der Waals surface area (Å²) in [5.41, 5.74) is -0.122. The van der Waals surface area contributed by atoms with Crippen LogP contribution in [0.5, 0.6) is 0 Å². The molecule has 0 saturated heterocycles. The Morgan fingerprint density at radius 2 is 2.00 bits per heavy atom. The summed E-state index contributed by atoms with van der Waals surface area (Å²) < 4.78 is 46.4. The molecule has 4 heterocycles. The molecule has 1 aromatic carbocycles. The lowest BCUT2D eigenvalue weighted by Crippen LogP contribution is -2.25. The molecule has 8 nitrogen and oxygen atoms in total. The lowest BCUT2D eigenvalue weighted by atomic mass is 10.1. The number of hydrogen-bond acceptors (Lipinski definition) is 7. The van der Waals surface area contributed by atoms with Gasteiger partial charge < -0.3 is 4.52 Å².